The van der Waals surface area contributed by atoms with E-state index in [4.69, 9.17) is 4.42 Å². The van der Waals surface area contributed by atoms with Crippen LogP contribution in [-0.4, -0.2) is 17.5 Å². The summed E-state index contributed by atoms with van der Waals surface area (Å²) in [6.07, 6.45) is -2.95. The number of nitrogens with zero attached hydrogens (tertiary/aromatic N) is 2. The van der Waals surface area contributed by atoms with E-state index in [2.05, 4.69) is 10.4 Å². The van der Waals surface area contributed by atoms with Gasteiger partial charge in [0.25, 0.3) is 5.91 Å². The molecule has 0 aliphatic carbocycles. The number of hydrazone groups is 1. The molecule has 0 saturated carbocycles. The van der Waals surface area contributed by atoms with E-state index in [1.54, 1.807) is 30.3 Å². The van der Waals surface area contributed by atoms with Crippen molar-refractivity contribution in [2.45, 2.75) is 13.1 Å². The zero-order valence-corrected chi connectivity index (χ0v) is 16.2. The minimum Gasteiger partial charge on any atom is -0.464 e. The highest BCUT2D eigenvalue weighted by Crippen LogP contribution is 2.32. The Morgan fingerprint density at radius 1 is 1.10 bits per heavy atom. The fraction of sp³-hybridized carbons (Fsp3) is 0.136. The molecule has 1 aliphatic heterocycles. The number of hydrogen-bond donors (Lipinski definition) is 1. The molecule has 1 unspecified atom stereocenters. The van der Waals surface area contributed by atoms with Crippen molar-refractivity contribution in [1.82, 2.24) is 0 Å². The molecule has 0 saturated heterocycles. The third-order valence-corrected chi connectivity index (χ3v) is 4.77. The van der Waals surface area contributed by atoms with Crippen LogP contribution in [0.3, 0.4) is 0 Å². The Labute approximate surface area is 175 Å². The molecule has 0 spiro atoms. The molecule has 6 nitrogen and oxygen atoms in total. The maximum atomic E-state index is 12.8. The van der Waals surface area contributed by atoms with Gasteiger partial charge in [0.15, 0.2) is 5.92 Å². The summed E-state index contributed by atoms with van der Waals surface area (Å²) in [5.41, 5.74) is 0.760. The standard InChI is InChI=1S/C22H16F3N3O3/c1-13-19(20(29)26-16-5-2-4-14(12-16)18-6-3-11-31-18)21(30)28(27-13)17-9-7-15(8-10-17)22(23,24)25/h2-12,19H,1H3,(H,26,29). The third-order valence-electron chi connectivity index (χ3n) is 4.77. The zero-order valence-electron chi connectivity index (χ0n) is 16.2. The van der Waals surface area contributed by atoms with E-state index in [0.29, 0.717) is 11.4 Å². The number of carbonyl (C=O) groups is 2. The quantitative estimate of drug-likeness (QED) is 0.599. The van der Waals surface area contributed by atoms with Crippen LogP contribution in [0.4, 0.5) is 24.5 Å². The summed E-state index contributed by atoms with van der Waals surface area (Å²) in [6, 6.07) is 14.5. The van der Waals surface area contributed by atoms with Crippen LogP contribution in [0.15, 0.2) is 76.4 Å². The number of anilines is 2. The molecule has 0 fully saturated rings. The Kier molecular flexibility index (Phi) is 5.10. The largest absolute Gasteiger partial charge is 0.464 e. The number of hydrogen-bond acceptors (Lipinski definition) is 4. The smallest absolute Gasteiger partial charge is 0.416 e. The Morgan fingerprint density at radius 3 is 2.48 bits per heavy atom. The highest BCUT2D eigenvalue weighted by Gasteiger charge is 2.40. The van der Waals surface area contributed by atoms with E-state index in [9.17, 15) is 22.8 Å². The number of amides is 2. The molecule has 1 N–H and O–H groups in total. The predicted molar refractivity (Wildman–Crippen MR) is 108 cm³/mol. The lowest BCUT2D eigenvalue weighted by molar-refractivity contribution is -0.137. The molecule has 9 heteroatoms. The van der Waals surface area contributed by atoms with E-state index in [1.165, 1.54) is 13.2 Å². The second-order valence-corrected chi connectivity index (χ2v) is 6.92. The van der Waals surface area contributed by atoms with Crippen molar-refractivity contribution in [3.05, 3.63) is 72.5 Å². The number of alkyl halides is 3. The number of halogens is 3. The molecule has 2 heterocycles. The molecule has 2 aromatic carbocycles. The Bertz CT molecular complexity index is 1150. The van der Waals surface area contributed by atoms with Crippen molar-refractivity contribution in [1.29, 1.82) is 0 Å². The van der Waals surface area contributed by atoms with E-state index < -0.39 is 29.5 Å². The normalized spacial score (nSPS) is 16.4. The van der Waals surface area contributed by atoms with Crippen LogP contribution < -0.4 is 10.3 Å². The number of furan rings is 1. The summed E-state index contributed by atoms with van der Waals surface area (Å²) in [7, 11) is 0. The molecule has 0 radical (unpaired) electrons. The molecule has 4 rings (SSSR count). The molecule has 31 heavy (non-hydrogen) atoms. The van der Waals surface area contributed by atoms with Crippen LogP contribution >= 0.6 is 0 Å². The molecule has 158 valence electrons. The van der Waals surface area contributed by atoms with Crippen LogP contribution in [-0.2, 0) is 15.8 Å². The Morgan fingerprint density at radius 2 is 1.84 bits per heavy atom. The SMILES string of the molecule is CC1=NN(c2ccc(C(F)(F)F)cc2)C(=O)C1C(=O)Nc1cccc(-c2ccco2)c1. The van der Waals surface area contributed by atoms with Gasteiger partial charge in [0.05, 0.1) is 23.2 Å². The van der Waals surface area contributed by atoms with Gasteiger partial charge < -0.3 is 9.73 Å². The molecule has 1 atom stereocenters. The third kappa shape index (κ3) is 4.07. The molecule has 1 aliphatic rings. The van der Waals surface area contributed by atoms with Gasteiger partial charge in [-0.2, -0.15) is 23.3 Å². The molecule has 0 bridgehead atoms. The zero-order chi connectivity index (χ0) is 22.2. The van der Waals surface area contributed by atoms with Gasteiger partial charge in [-0.3, -0.25) is 9.59 Å². The van der Waals surface area contributed by atoms with Crippen LogP contribution in [0.2, 0.25) is 0 Å². The summed E-state index contributed by atoms with van der Waals surface area (Å²) in [5.74, 6) is -1.79. The summed E-state index contributed by atoms with van der Waals surface area (Å²) in [6.45, 7) is 1.52. The predicted octanol–water partition coefficient (Wildman–Crippen LogP) is 4.94. The Hall–Kier alpha value is -3.88. The van der Waals surface area contributed by atoms with Gasteiger partial charge in [-0.1, -0.05) is 12.1 Å². The average molecular weight is 427 g/mol. The maximum Gasteiger partial charge on any atom is 0.416 e. The lowest BCUT2D eigenvalue weighted by Crippen LogP contribution is -2.36. The molecular weight excluding hydrogens is 411 g/mol. The first-order valence-electron chi connectivity index (χ1n) is 9.25. The van der Waals surface area contributed by atoms with Gasteiger partial charge >= 0.3 is 6.18 Å². The van der Waals surface area contributed by atoms with Gasteiger partial charge in [0, 0.05) is 11.3 Å². The van der Waals surface area contributed by atoms with Crippen LogP contribution in [0.1, 0.15) is 12.5 Å². The van der Waals surface area contributed by atoms with Gasteiger partial charge in [0.2, 0.25) is 5.91 Å². The summed E-state index contributed by atoms with van der Waals surface area (Å²) < 4.78 is 43.6. The van der Waals surface area contributed by atoms with Crippen LogP contribution in [0, 0.1) is 5.92 Å². The Balaban J connectivity index is 1.51. The highest BCUT2D eigenvalue weighted by molar-refractivity contribution is 6.28. The van der Waals surface area contributed by atoms with Crippen molar-refractivity contribution in [2.24, 2.45) is 11.0 Å². The van der Waals surface area contributed by atoms with Crippen molar-refractivity contribution in [2.75, 3.05) is 10.3 Å². The van der Waals surface area contributed by atoms with Crippen molar-refractivity contribution >= 4 is 28.9 Å². The molecule has 3 aromatic rings. The molecular formula is C22H16F3N3O3. The second kappa shape index (κ2) is 7.75. The molecule has 1 aromatic heterocycles. The highest BCUT2D eigenvalue weighted by atomic mass is 19.4. The minimum absolute atomic E-state index is 0.146. The number of rotatable bonds is 4. The first kappa shape index (κ1) is 20.4. The van der Waals surface area contributed by atoms with Gasteiger partial charge in [-0.15, -0.1) is 0 Å². The van der Waals surface area contributed by atoms with Crippen molar-refractivity contribution in [3.63, 3.8) is 0 Å². The van der Waals surface area contributed by atoms with Crippen molar-refractivity contribution < 1.29 is 27.2 Å². The van der Waals surface area contributed by atoms with E-state index in [-0.39, 0.29) is 11.4 Å². The van der Waals surface area contributed by atoms with Crippen LogP contribution in [0.25, 0.3) is 11.3 Å². The number of benzene rings is 2. The van der Waals surface area contributed by atoms with Crippen molar-refractivity contribution in [3.8, 4) is 11.3 Å². The van der Waals surface area contributed by atoms with E-state index >= 15 is 0 Å². The van der Waals surface area contributed by atoms with E-state index in [1.807, 2.05) is 6.07 Å². The maximum absolute atomic E-state index is 12.8. The molecule has 2 amide bonds. The summed E-state index contributed by atoms with van der Waals surface area (Å²) in [5, 5.41) is 7.71. The topological polar surface area (TPSA) is 74.9 Å². The number of carbonyl (C=O) groups excluding carboxylic acids is 2. The minimum atomic E-state index is -4.49. The second-order valence-electron chi connectivity index (χ2n) is 6.92. The average Bonchev–Trinajstić information content (AvgIpc) is 3.36. The fourth-order valence-electron chi connectivity index (χ4n) is 3.25. The first-order chi connectivity index (χ1) is 14.7. The van der Waals surface area contributed by atoms with Gasteiger partial charge in [-0.05, 0) is 55.5 Å². The van der Waals surface area contributed by atoms with Gasteiger partial charge in [0.1, 0.15) is 5.76 Å². The fourth-order valence-corrected chi connectivity index (χ4v) is 3.25. The first-order valence-corrected chi connectivity index (χ1v) is 9.25. The summed E-state index contributed by atoms with van der Waals surface area (Å²) >= 11 is 0. The lowest BCUT2D eigenvalue weighted by Gasteiger charge is -2.15. The van der Waals surface area contributed by atoms with Crippen LogP contribution in [0.5, 0.6) is 0 Å². The monoisotopic (exact) mass is 427 g/mol. The summed E-state index contributed by atoms with van der Waals surface area (Å²) in [4.78, 5) is 25.6. The van der Waals surface area contributed by atoms with E-state index in [0.717, 1.165) is 34.8 Å². The van der Waals surface area contributed by atoms with Gasteiger partial charge in [-0.25, -0.2) is 0 Å². The lowest BCUT2D eigenvalue weighted by atomic mass is 10.0. The number of nitrogens with one attached hydrogen (secondary N) is 1.